The van der Waals surface area contributed by atoms with Crippen LogP contribution in [0.3, 0.4) is 0 Å². The van der Waals surface area contributed by atoms with Crippen LogP contribution in [-0.2, 0) is 0 Å². The first-order chi connectivity index (χ1) is 3.41. The molecule has 7 heavy (non-hydrogen) atoms. The first-order valence-electron chi connectivity index (χ1n) is 3.41. The molecule has 38 valence electrons. The van der Waals surface area contributed by atoms with Crippen molar-refractivity contribution in [1.29, 1.82) is 0 Å². The van der Waals surface area contributed by atoms with Gasteiger partial charge in [0.1, 0.15) is 7.28 Å². The second-order valence-electron chi connectivity index (χ2n) is 2.06. The van der Waals surface area contributed by atoms with Crippen molar-refractivity contribution < 1.29 is 0 Å². The van der Waals surface area contributed by atoms with Gasteiger partial charge in [0.25, 0.3) is 0 Å². The van der Waals surface area contributed by atoms with Crippen LogP contribution in [0, 0.1) is 0 Å². The Bertz CT molecular complexity index is 26.1. The van der Waals surface area contributed by atoms with E-state index in [0.717, 1.165) is 0 Å². The maximum Gasteiger partial charge on any atom is 0.112 e. The molecule has 0 bridgehead atoms. The lowest BCUT2D eigenvalue weighted by Gasteiger charge is -1.84. The van der Waals surface area contributed by atoms with Gasteiger partial charge >= 0.3 is 0 Å². The molecular weight excluding hydrogens is 80.5 g/mol. The molecule has 0 amide bonds. The normalized spacial score (nSPS) is 7.71. The summed E-state index contributed by atoms with van der Waals surface area (Å²) >= 11 is 0. The van der Waals surface area contributed by atoms with E-state index in [2.05, 4.69) is 13.7 Å². The van der Waals surface area contributed by atoms with Crippen molar-refractivity contribution in [1.82, 2.24) is 0 Å². The Morgan fingerprint density at radius 3 is 2.57 bits per heavy atom. The summed E-state index contributed by atoms with van der Waals surface area (Å²) < 4.78 is 0. The lowest BCUT2D eigenvalue weighted by molar-refractivity contribution is 1.45. The largest absolute Gasteiger partial charge is 0.112 e. The second-order valence-corrected chi connectivity index (χ2v) is 2.06. The van der Waals surface area contributed by atoms with Crippen molar-refractivity contribution >= 4 is 21.6 Å². The molecule has 0 N–H and O–H groups in total. The first-order valence-corrected chi connectivity index (χ1v) is 3.41. The minimum atomic E-state index is 1.36. The molecule has 0 fully saturated rings. The zero-order valence-corrected chi connectivity index (χ0v) is 5.54. The Morgan fingerprint density at radius 2 is 2.14 bits per heavy atom. The molecule has 0 unspecified atom stereocenters. The number of rotatable bonds is 4. The molecular formula is C4H13B3. The molecule has 0 aromatic carbocycles. The van der Waals surface area contributed by atoms with Gasteiger partial charge in [-0.05, 0) is 0 Å². The van der Waals surface area contributed by atoms with Gasteiger partial charge in [-0.2, -0.15) is 0 Å². The molecule has 0 spiro atoms. The topological polar surface area (TPSA) is 0 Å². The van der Waals surface area contributed by atoms with Crippen molar-refractivity contribution in [3.63, 3.8) is 0 Å². The van der Waals surface area contributed by atoms with Crippen molar-refractivity contribution in [3.8, 4) is 0 Å². The summed E-state index contributed by atoms with van der Waals surface area (Å²) in [6.45, 7) is 4.49. The quantitative estimate of drug-likeness (QED) is 0.341. The summed E-state index contributed by atoms with van der Waals surface area (Å²) in [7, 11) is 4.21. The van der Waals surface area contributed by atoms with Crippen LogP contribution in [0.5, 0.6) is 0 Å². The zero-order chi connectivity index (χ0) is 5.54. The second kappa shape index (κ2) is 6.19. The van der Waals surface area contributed by atoms with Gasteiger partial charge in [0, 0.05) is 0 Å². The Labute approximate surface area is 48.8 Å². The van der Waals surface area contributed by atoms with Gasteiger partial charge in [-0.15, -0.1) is 6.22 Å². The fraction of sp³-hybridized carbons (Fsp3) is 1.00. The summed E-state index contributed by atoms with van der Waals surface area (Å²) in [5.41, 5.74) is 0. The van der Waals surface area contributed by atoms with E-state index in [1.807, 2.05) is 0 Å². The molecule has 0 aliphatic rings. The predicted molar refractivity (Wildman–Crippen MR) is 42.6 cm³/mol. The molecule has 0 saturated heterocycles. The van der Waals surface area contributed by atoms with Gasteiger partial charge in [-0.3, -0.25) is 0 Å². The van der Waals surface area contributed by atoms with Crippen LogP contribution < -0.4 is 0 Å². The first kappa shape index (κ1) is 7.19. The maximum atomic E-state index is 2.25. The smallest absolute Gasteiger partial charge is 0.108 e. The summed E-state index contributed by atoms with van der Waals surface area (Å²) in [5.74, 6) is 0. The van der Waals surface area contributed by atoms with E-state index in [0.29, 0.717) is 0 Å². The van der Waals surface area contributed by atoms with Crippen LogP contribution >= 0.6 is 0 Å². The van der Waals surface area contributed by atoms with Crippen LogP contribution in [0.1, 0.15) is 6.92 Å². The average Bonchev–Trinajstić information content (AvgIpc) is 1.69. The Morgan fingerprint density at radius 1 is 1.43 bits per heavy atom. The van der Waals surface area contributed by atoms with Crippen LogP contribution in [-0.4, -0.2) is 21.6 Å². The van der Waals surface area contributed by atoms with Gasteiger partial charge in [0.2, 0.25) is 0 Å². The Hall–Kier alpha value is 0.195. The SMILES string of the molecule is CBBCBCC. The third-order valence-electron chi connectivity index (χ3n) is 1.21. The highest BCUT2D eigenvalue weighted by Gasteiger charge is 1.86. The van der Waals surface area contributed by atoms with Crippen molar-refractivity contribution in [2.24, 2.45) is 0 Å². The fourth-order valence-corrected chi connectivity index (χ4v) is 0.677. The summed E-state index contributed by atoms with van der Waals surface area (Å²) in [4.78, 5) is 0. The highest BCUT2D eigenvalue weighted by molar-refractivity contribution is 7.02. The van der Waals surface area contributed by atoms with Crippen LogP contribution in [0.25, 0.3) is 0 Å². The standard InChI is InChI=1S/C4H13B3/c1-3-6-4-7-5-2/h5-7H,3-4H2,1-2H3. The minimum Gasteiger partial charge on any atom is -0.108 e. The highest BCUT2D eigenvalue weighted by Crippen LogP contribution is 1.78. The molecule has 0 aromatic rings. The van der Waals surface area contributed by atoms with Crippen LogP contribution in [0.2, 0.25) is 19.4 Å². The van der Waals surface area contributed by atoms with Crippen molar-refractivity contribution in [3.05, 3.63) is 0 Å². The third kappa shape index (κ3) is 6.19. The van der Waals surface area contributed by atoms with Crippen molar-refractivity contribution in [2.45, 2.75) is 26.3 Å². The molecule has 3 heteroatoms. The lowest BCUT2D eigenvalue weighted by Crippen LogP contribution is -2.01. The van der Waals surface area contributed by atoms with Crippen LogP contribution in [0.4, 0.5) is 0 Å². The molecule has 0 saturated carbocycles. The van der Waals surface area contributed by atoms with E-state index < -0.39 is 0 Å². The van der Waals surface area contributed by atoms with Gasteiger partial charge in [-0.25, -0.2) is 0 Å². The van der Waals surface area contributed by atoms with Gasteiger partial charge in [0.05, 0.1) is 14.3 Å². The Balaban J connectivity index is 2.45. The molecule has 0 aliphatic heterocycles. The summed E-state index contributed by atoms with van der Waals surface area (Å²) in [6, 6.07) is 0. The molecule has 0 radical (unpaired) electrons. The number of hydrogen-bond acceptors (Lipinski definition) is 0. The van der Waals surface area contributed by atoms with E-state index in [-0.39, 0.29) is 0 Å². The lowest BCUT2D eigenvalue weighted by atomic mass is 9.33. The molecule has 0 rings (SSSR count). The summed E-state index contributed by atoms with van der Waals surface area (Å²) in [5, 5.41) is 0. The average molecular weight is 93.6 g/mol. The third-order valence-corrected chi connectivity index (χ3v) is 1.21. The molecule has 0 atom stereocenters. The van der Waals surface area contributed by atoms with Gasteiger partial charge in [0.15, 0.2) is 0 Å². The zero-order valence-electron chi connectivity index (χ0n) is 5.54. The molecule has 0 heterocycles. The summed E-state index contributed by atoms with van der Waals surface area (Å²) in [6.07, 6.45) is 2.80. The van der Waals surface area contributed by atoms with E-state index in [4.69, 9.17) is 0 Å². The minimum absolute atomic E-state index is 1.36. The van der Waals surface area contributed by atoms with E-state index >= 15 is 0 Å². The highest BCUT2D eigenvalue weighted by atomic mass is 13.4. The number of hydrogen-bond donors (Lipinski definition) is 0. The van der Waals surface area contributed by atoms with E-state index in [9.17, 15) is 0 Å². The molecule has 0 aromatic heterocycles. The molecule has 0 nitrogen and oxygen atoms in total. The van der Waals surface area contributed by atoms with Gasteiger partial charge in [-0.1, -0.05) is 20.1 Å². The van der Waals surface area contributed by atoms with Crippen molar-refractivity contribution in [2.75, 3.05) is 0 Å². The van der Waals surface area contributed by atoms with E-state index in [1.165, 1.54) is 34.2 Å². The monoisotopic (exact) mass is 94.1 g/mol. The predicted octanol–water partition coefficient (Wildman–Crippen LogP) is 0.0730. The fourth-order valence-electron chi connectivity index (χ4n) is 0.677. The molecule has 0 aliphatic carbocycles. The Kier molecular flexibility index (Phi) is 6.37. The van der Waals surface area contributed by atoms with Crippen LogP contribution in [0.15, 0.2) is 0 Å². The van der Waals surface area contributed by atoms with Gasteiger partial charge < -0.3 is 0 Å². The van der Waals surface area contributed by atoms with E-state index in [1.54, 1.807) is 0 Å². The maximum absolute atomic E-state index is 2.25.